The zero-order valence-electron chi connectivity index (χ0n) is 15.4. The van der Waals surface area contributed by atoms with E-state index >= 15 is 0 Å². The van der Waals surface area contributed by atoms with Crippen molar-refractivity contribution in [2.75, 3.05) is 0 Å². The Morgan fingerprint density at radius 1 is 0.231 bits per heavy atom. The molecule has 0 spiro atoms. The molecular formula is H12Na3O27P9. The van der Waals surface area contributed by atoms with Crippen LogP contribution < -0.4 is 0 Å². The summed E-state index contributed by atoms with van der Waals surface area (Å²) in [5.74, 6) is 0. The maximum absolute atomic E-state index is 10.4. The molecule has 0 aromatic carbocycles. The van der Waals surface area contributed by atoms with Crippen molar-refractivity contribution in [3.8, 4) is 0 Å². The fraction of sp³-hybridized carbons (Fsp3) is 0. The molecule has 3 rings (SSSR count). The van der Waals surface area contributed by atoms with Crippen LogP contribution in [0.1, 0.15) is 0 Å². The monoisotopic (exact) mass is 792 g/mol. The van der Waals surface area contributed by atoms with Crippen LogP contribution in [0.25, 0.3) is 0 Å². The Balaban J connectivity index is -0.000000480. The molecule has 0 aromatic rings. The molecule has 39 heavy (non-hydrogen) atoms. The van der Waals surface area contributed by atoms with Crippen molar-refractivity contribution < 1.29 is 124 Å². The van der Waals surface area contributed by atoms with Gasteiger partial charge in [0.05, 0.1) is 0 Å². The predicted molar refractivity (Wildman–Crippen MR) is 120 cm³/mol. The Kier molecular flexibility index (Phi) is 19.5. The van der Waals surface area contributed by atoms with Gasteiger partial charge in [0, 0.05) is 0 Å². The van der Waals surface area contributed by atoms with Gasteiger partial charge in [-0.05, 0) is 0 Å². The fourth-order valence-corrected chi connectivity index (χ4v) is 14.2. The molecule has 222 valence electrons. The molecule has 0 aliphatic carbocycles. The molecule has 0 amide bonds. The van der Waals surface area contributed by atoms with Crippen molar-refractivity contribution in [2.24, 2.45) is 0 Å². The molecule has 0 radical (unpaired) electrons. The van der Waals surface area contributed by atoms with Crippen molar-refractivity contribution in [2.45, 2.75) is 0 Å². The number of hydrogen-bond acceptors (Lipinski definition) is 18. The van der Waals surface area contributed by atoms with Crippen molar-refractivity contribution in [1.82, 2.24) is 0 Å². The van der Waals surface area contributed by atoms with E-state index in [1.807, 2.05) is 0 Å². The van der Waals surface area contributed by atoms with Gasteiger partial charge in [0.15, 0.2) is 0 Å². The third-order valence-electron chi connectivity index (χ3n) is 1.86. The van der Waals surface area contributed by atoms with Gasteiger partial charge in [-0.25, -0.2) is 41.1 Å². The zero-order valence-corrected chi connectivity index (χ0v) is 23.4. The minimum atomic E-state index is -4.98. The SMILES string of the molecule is O=P1(O)OP(=O)(O)OP(=O)(O)O1.O=P1(O)OP(=O)(O)OP(=O)(O)O1.O=P1(O)OP(=O)(O)OP(=O)(O)O1.[NaH].[NaH].[NaH]. The quantitative estimate of drug-likeness (QED) is 0.106. The van der Waals surface area contributed by atoms with Gasteiger partial charge >= 0.3 is 159 Å². The van der Waals surface area contributed by atoms with E-state index in [0.717, 1.165) is 0 Å². The molecule has 0 unspecified atom stereocenters. The van der Waals surface area contributed by atoms with Gasteiger partial charge in [-0.2, -0.15) is 38.8 Å². The minimum absolute atomic E-state index is 0. The van der Waals surface area contributed by atoms with Gasteiger partial charge in [-0.15, -0.1) is 0 Å². The summed E-state index contributed by atoms with van der Waals surface area (Å²) in [4.78, 5) is 75.7. The van der Waals surface area contributed by atoms with Crippen LogP contribution in [0.15, 0.2) is 0 Å². The Hall–Kier alpha value is 4.35. The average Bonchev–Trinajstić information content (AvgIpc) is 2.29. The van der Waals surface area contributed by atoms with Gasteiger partial charge in [-0.1, -0.05) is 0 Å². The molecule has 39 heteroatoms. The normalized spacial score (nSPS) is 51.0. The van der Waals surface area contributed by atoms with Crippen molar-refractivity contribution >= 4 is 159 Å². The molecule has 3 aliphatic heterocycles. The summed E-state index contributed by atoms with van der Waals surface area (Å²) in [6, 6.07) is 0. The second-order valence-electron chi connectivity index (χ2n) is 4.95. The Morgan fingerprint density at radius 3 is 0.333 bits per heavy atom. The number of phosphoric acid groups is 9. The summed E-state index contributed by atoms with van der Waals surface area (Å²) >= 11 is 0. The second kappa shape index (κ2) is 16.0. The average molecular weight is 792 g/mol. The van der Waals surface area contributed by atoms with E-state index in [0.29, 0.717) is 0 Å². The van der Waals surface area contributed by atoms with Crippen LogP contribution in [0, 0.1) is 0 Å². The van der Waals surface area contributed by atoms with Crippen molar-refractivity contribution in [3.05, 3.63) is 0 Å². The van der Waals surface area contributed by atoms with E-state index in [1.54, 1.807) is 0 Å². The van der Waals surface area contributed by atoms with Crippen LogP contribution in [-0.2, 0) is 79.9 Å². The van der Waals surface area contributed by atoms with Crippen LogP contribution >= 0.6 is 70.4 Å². The van der Waals surface area contributed by atoms with Gasteiger partial charge in [0.1, 0.15) is 0 Å². The first-order valence-electron chi connectivity index (χ1n) is 6.73. The molecule has 0 atom stereocenters. The summed E-state index contributed by atoms with van der Waals surface area (Å²) < 4.78 is 125. The van der Waals surface area contributed by atoms with Crippen LogP contribution in [0.2, 0.25) is 0 Å². The fourth-order valence-electron chi connectivity index (χ4n) is 1.31. The zero-order chi connectivity index (χ0) is 28.9. The third kappa shape index (κ3) is 20.3. The molecule has 9 N–H and O–H groups in total. The van der Waals surface area contributed by atoms with Crippen LogP contribution in [0.3, 0.4) is 0 Å². The molecule has 0 bridgehead atoms. The Morgan fingerprint density at radius 2 is 0.282 bits per heavy atom. The van der Waals surface area contributed by atoms with E-state index in [4.69, 9.17) is 44.0 Å². The van der Waals surface area contributed by atoms with Gasteiger partial charge in [0.25, 0.3) is 0 Å². The van der Waals surface area contributed by atoms with Crippen molar-refractivity contribution in [3.63, 3.8) is 0 Å². The van der Waals surface area contributed by atoms with E-state index in [-0.39, 0.29) is 88.7 Å². The molecular weight excluding hydrogens is 780 g/mol. The molecule has 3 fully saturated rings. The van der Waals surface area contributed by atoms with E-state index in [1.165, 1.54) is 0 Å². The summed E-state index contributed by atoms with van der Waals surface area (Å²) in [6.07, 6.45) is 0. The molecule has 0 aromatic heterocycles. The first-order chi connectivity index (χ1) is 15.4. The summed E-state index contributed by atoms with van der Waals surface area (Å²) in [7, 11) is -44.8. The first-order valence-corrected chi connectivity index (χ1v) is 20.2. The Labute approximate surface area is 280 Å². The van der Waals surface area contributed by atoms with Crippen LogP contribution in [0.5, 0.6) is 0 Å². The number of rotatable bonds is 0. The third-order valence-corrected chi connectivity index (χ3v) is 16.7. The first kappa shape index (κ1) is 47.8. The summed E-state index contributed by atoms with van der Waals surface area (Å²) in [5.41, 5.74) is 0. The van der Waals surface area contributed by atoms with Gasteiger partial charge in [-0.3, -0.25) is 0 Å². The summed E-state index contributed by atoms with van der Waals surface area (Å²) in [6.45, 7) is 0. The van der Waals surface area contributed by atoms with Gasteiger partial charge in [0.2, 0.25) is 0 Å². The molecule has 3 heterocycles. The van der Waals surface area contributed by atoms with E-state index in [2.05, 4.69) is 38.8 Å². The predicted octanol–water partition coefficient (Wildman–Crippen LogP) is -0.892. The van der Waals surface area contributed by atoms with E-state index < -0.39 is 70.4 Å². The second-order valence-corrected chi connectivity index (χ2v) is 19.3. The van der Waals surface area contributed by atoms with Crippen molar-refractivity contribution in [1.29, 1.82) is 0 Å². The molecule has 3 saturated heterocycles. The standard InChI is InChI=1S/3Na.3H3O9P3.3H/c;;;3*1-10(2)7-11(3,4)9-12(5,6)8-10;;;/h;;;3*(H,1,2)(H,3,4)(H,5,6);;;. The summed E-state index contributed by atoms with van der Waals surface area (Å²) in [5, 5.41) is 0. The van der Waals surface area contributed by atoms with Crippen LogP contribution in [0.4, 0.5) is 0 Å². The van der Waals surface area contributed by atoms with E-state index in [9.17, 15) is 41.1 Å². The topological polar surface area (TPSA) is 419 Å². The molecule has 0 saturated carbocycles. The molecule has 3 aliphatic rings. The Bertz CT molecular complexity index is 935. The maximum atomic E-state index is 10.4. The number of hydrogen-bond donors (Lipinski definition) is 9. The van der Waals surface area contributed by atoms with Gasteiger partial charge < -0.3 is 44.0 Å². The molecule has 27 nitrogen and oxygen atoms in total. The van der Waals surface area contributed by atoms with Crippen LogP contribution in [-0.4, -0.2) is 133 Å².